The fourth-order valence-electron chi connectivity index (χ4n) is 9.31. The van der Waals surface area contributed by atoms with Crippen molar-refractivity contribution in [3.8, 4) is 0 Å². The minimum Gasteiger partial charge on any atom is -0.461 e. The molecule has 4 aliphatic rings. The van der Waals surface area contributed by atoms with Crippen LogP contribution < -0.4 is 0 Å². The smallest absolute Gasteiger partial charge is 0.311 e. The van der Waals surface area contributed by atoms with E-state index in [0.29, 0.717) is 12.8 Å². The van der Waals surface area contributed by atoms with Gasteiger partial charge in [-0.3, -0.25) is 9.59 Å². The molecule has 13 heteroatoms. The number of hydrogen-bond acceptors (Lipinski definition) is 13. The predicted molar refractivity (Wildman–Crippen MR) is 201 cm³/mol. The first-order chi connectivity index (χ1) is 25.1. The molecule has 0 aromatic heterocycles. The van der Waals surface area contributed by atoms with Crippen LogP contribution >= 0.6 is 0 Å². The van der Waals surface area contributed by atoms with E-state index in [9.17, 15) is 30.0 Å². The third-order valence-electron chi connectivity index (χ3n) is 13.0. The standard InChI is InChI=1S/C41H71NO12/c1-21-19-40(8,48)37(54-39-34(45)29(42(10)11)17-22(2)50-39)25(5)35(53-31-20-41(9,49-12)36(46)27(7)51-31)26(6)38(47)52-30(18-28-15-13-14-16-28)23(3)33(44)24(4)32(21)43/h15,21-27,29-31,33-37,39,44-46,48H,13-14,16-20H2,1-12H3. The van der Waals surface area contributed by atoms with Crippen LogP contribution in [-0.4, -0.2) is 137 Å². The highest BCUT2D eigenvalue weighted by atomic mass is 16.7. The zero-order valence-electron chi connectivity index (χ0n) is 34.8. The largest absolute Gasteiger partial charge is 0.461 e. The normalized spacial score (nSPS) is 47.6. The number of nitrogens with zero attached hydrogens (tertiary/aromatic N) is 1. The van der Waals surface area contributed by atoms with Gasteiger partial charge in [-0.2, -0.15) is 0 Å². The Kier molecular flexibility index (Phi) is 15.4. The Hall–Kier alpha value is -1.52. The Morgan fingerprint density at radius 2 is 1.57 bits per heavy atom. The molecule has 4 N–H and O–H groups in total. The Morgan fingerprint density at radius 3 is 2.17 bits per heavy atom. The van der Waals surface area contributed by atoms with E-state index in [2.05, 4.69) is 6.08 Å². The molecule has 1 aliphatic carbocycles. The quantitative estimate of drug-likeness (QED) is 0.208. The number of likely N-dealkylation sites (N-methyl/N-ethyl adjacent to an activating group) is 1. The van der Waals surface area contributed by atoms with Gasteiger partial charge in [0.05, 0.1) is 47.6 Å². The van der Waals surface area contributed by atoms with Crippen molar-refractivity contribution in [1.29, 1.82) is 0 Å². The number of ketones is 1. The maximum Gasteiger partial charge on any atom is 0.311 e. The van der Waals surface area contributed by atoms with Gasteiger partial charge in [-0.25, -0.2) is 0 Å². The van der Waals surface area contributed by atoms with E-state index in [4.69, 9.17) is 28.4 Å². The molecule has 0 saturated carbocycles. The van der Waals surface area contributed by atoms with Crippen molar-refractivity contribution < 1.29 is 58.4 Å². The summed E-state index contributed by atoms with van der Waals surface area (Å²) in [4.78, 5) is 30.4. The Morgan fingerprint density at radius 1 is 0.907 bits per heavy atom. The molecule has 0 aromatic rings. The molecule has 3 saturated heterocycles. The number of aliphatic hydroxyl groups excluding tert-OH is 3. The highest BCUT2D eigenvalue weighted by Crippen LogP contribution is 2.41. The molecule has 54 heavy (non-hydrogen) atoms. The lowest BCUT2D eigenvalue weighted by molar-refractivity contribution is -0.317. The second-order valence-electron chi connectivity index (χ2n) is 17.8. The number of cyclic esters (lactones) is 1. The van der Waals surface area contributed by atoms with Gasteiger partial charge in [-0.15, -0.1) is 0 Å². The summed E-state index contributed by atoms with van der Waals surface area (Å²) in [5, 5.41) is 46.6. The lowest BCUT2D eigenvalue weighted by Crippen LogP contribution is -2.60. The van der Waals surface area contributed by atoms with Crippen molar-refractivity contribution in [3.63, 3.8) is 0 Å². The molecular weight excluding hydrogens is 698 g/mol. The van der Waals surface area contributed by atoms with E-state index in [-0.39, 0.29) is 30.8 Å². The molecule has 18 atom stereocenters. The van der Waals surface area contributed by atoms with Crippen LogP contribution in [0.3, 0.4) is 0 Å². The predicted octanol–water partition coefficient (Wildman–Crippen LogP) is 3.76. The lowest BCUT2D eigenvalue weighted by atomic mass is 9.74. The minimum atomic E-state index is -1.73. The Labute approximate surface area is 323 Å². The average molecular weight is 770 g/mol. The van der Waals surface area contributed by atoms with Crippen molar-refractivity contribution in [2.75, 3.05) is 21.2 Å². The maximum atomic E-state index is 14.4. The summed E-state index contributed by atoms with van der Waals surface area (Å²) in [6.45, 7) is 15.7. The van der Waals surface area contributed by atoms with Gasteiger partial charge in [0.25, 0.3) is 0 Å². The van der Waals surface area contributed by atoms with Gasteiger partial charge >= 0.3 is 5.97 Å². The molecule has 0 radical (unpaired) electrons. The summed E-state index contributed by atoms with van der Waals surface area (Å²) < 4.78 is 37.9. The molecule has 3 fully saturated rings. The molecule has 0 bridgehead atoms. The van der Waals surface area contributed by atoms with Gasteiger partial charge in [0, 0.05) is 49.7 Å². The number of carbonyl (C=O) groups excluding carboxylic acids is 2. The van der Waals surface area contributed by atoms with Crippen molar-refractivity contribution in [1.82, 2.24) is 4.90 Å². The van der Waals surface area contributed by atoms with Gasteiger partial charge in [-0.05, 0) is 80.8 Å². The topological polar surface area (TPSA) is 174 Å². The first kappa shape index (κ1) is 45.2. The van der Waals surface area contributed by atoms with E-state index in [1.54, 1.807) is 48.5 Å². The number of ether oxygens (including phenoxy) is 6. The minimum absolute atomic E-state index is 0.0471. The highest BCUT2D eigenvalue weighted by Gasteiger charge is 2.52. The number of rotatable bonds is 8. The molecule has 0 spiro atoms. The summed E-state index contributed by atoms with van der Waals surface area (Å²) in [6.07, 6.45) is -3.01. The van der Waals surface area contributed by atoms with Crippen LogP contribution in [0.25, 0.3) is 0 Å². The van der Waals surface area contributed by atoms with Crippen LogP contribution in [-0.2, 0) is 38.0 Å². The van der Waals surface area contributed by atoms with Gasteiger partial charge in [0.2, 0.25) is 0 Å². The number of aliphatic hydroxyl groups is 4. The average Bonchev–Trinajstić information content (AvgIpc) is 3.63. The molecule has 13 nitrogen and oxygen atoms in total. The number of esters is 1. The van der Waals surface area contributed by atoms with Crippen LogP contribution in [0.4, 0.5) is 0 Å². The van der Waals surface area contributed by atoms with Gasteiger partial charge in [0.1, 0.15) is 24.1 Å². The number of Topliss-reactive ketones (excluding diaryl/α,β-unsaturated/α-hetero) is 1. The second kappa shape index (κ2) is 18.4. The number of allylic oxidation sites excluding steroid dienone is 1. The number of hydrogen-bond donors (Lipinski definition) is 4. The molecule has 18 unspecified atom stereocenters. The van der Waals surface area contributed by atoms with E-state index in [1.807, 2.05) is 32.8 Å². The summed E-state index contributed by atoms with van der Waals surface area (Å²) in [5.74, 6) is -4.63. The maximum absolute atomic E-state index is 14.4. The molecule has 0 amide bonds. The van der Waals surface area contributed by atoms with E-state index >= 15 is 0 Å². The van der Waals surface area contributed by atoms with Gasteiger partial charge < -0.3 is 53.7 Å². The summed E-state index contributed by atoms with van der Waals surface area (Å²) in [6, 6.07) is -0.300. The van der Waals surface area contributed by atoms with Crippen molar-refractivity contribution in [2.45, 2.75) is 186 Å². The van der Waals surface area contributed by atoms with Crippen LogP contribution in [0, 0.1) is 29.6 Å². The molecule has 3 heterocycles. The second-order valence-corrected chi connectivity index (χ2v) is 17.8. The van der Waals surface area contributed by atoms with Crippen molar-refractivity contribution in [2.24, 2.45) is 29.6 Å². The number of carbonyl (C=O) groups is 2. The number of methoxy groups -OCH3 is 1. The Balaban J connectivity index is 1.82. The zero-order chi connectivity index (χ0) is 40.4. The van der Waals surface area contributed by atoms with E-state index < -0.39 is 102 Å². The van der Waals surface area contributed by atoms with E-state index in [1.165, 1.54) is 7.11 Å². The van der Waals surface area contributed by atoms with Crippen LogP contribution in [0.2, 0.25) is 0 Å². The third kappa shape index (κ3) is 10.1. The van der Waals surface area contributed by atoms with Gasteiger partial charge in [-0.1, -0.05) is 39.3 Å². The first-order valence-corrected chi connectivity index (χ1v) is 20.1. The monoisotopic (exact) mass is 769 g/mol. The highest BCUT2D eigenvalue weighted by molar-refractivity contribution is 5.83. The summed E-state index contributed by atoms with van der Waals surface area (Å²) >= 11 is 0. The SMILES string of the molecule is COC1(C)CC(OC2C(C)C(=O)OC(CC3=CCCC3)C(C)C(O)C(C)C(=O)C(C)CC(C)(O)C(OC3OC(C)CC(N(C)C)C3O)C2C)OC(C)C1O. The molecule has 0 aromatic carbocycles. The summed E-state index contributed by atoms with van der Waals surface area (Å²) in [5.41, 5.74) is -1.60. The molecule has 4 rings (SSSR count). The van der Waals surface area contributed by atoms with Crippen LogP contribution in [0.15, 0.2) is 11.6 Å². The molecule has 3 aliphatic heterocycles. The molecule has 312 valence electrons. The molecular formula is C41H71NO12. The van der Waals surface area contributed by atoms with Gasteiger partial charge in [0.15, 0.2) is 12.6 Å². The van der Waals surface area contributed by atoms with Crippen molar-refractivity contribution in [3.05, 3.63) is 11.6 Å². The van der Waals surface area contributed by atoms with Crippen LogP contribution in [0.1, 0.15) is 107 Å². The third-order valence-corrected chi connectivity index (χ3v) is 13.0. The Bertz CT molecular complexity index is 1290. The fourth-order valence-corrected chi connectivity index (χ4v) is 9.31. The zero-order valence-corrected chi connectivity index (χ0v) is 34.8. The fraction of sp³-hybridized carbons (Fsp3) is 0.902. The summed E-state index contributed by atoms with van der Waals surface area (Å²) in [7, 11) is 5.26. The van der Waals surface area contributed by atoms with Crippen LogP contribution in [0.5, 0.6) is 0 Å². The van der Waals surface area contributed by atoms with Crippen molar-refractivity contribution >= 4 is 11.8 Å². The van der Waals surface area contributed by atoms with E-state index in [0.717, 1.165) is 24.8 Å². The lowest BCUT2D eigenvalue weighted by Gasteiger charge is -2.49. The first-order valence-electron chi connectivity index (χ1n) is 20.1.